The van der Waals surface area contributed by atoms with E-state index in [2.05, 4.69) is 10.1 Å². The lowest BCUT2D eigenvalue weighted by atomic mass is 9.96. The number of nitrogens with zero attached hydrogens (tertiary/aromatic N) is 4. The first-order valence-corrected chi connectivity index (χ1v) is 7.20. The summed E-state index contributed by atoms with van der Waals surface area (Å²) in [5.41, 5.74) is 2.78. The minimum absolute atomic E-state index is 0.321. The Morgan fingerprint density at radius 3 is 2.81 bits per heavy atom. The summed E-state index contributed by atoms with van der Waals surface area (Å²) in [6.07, 6.45) is 11.2. The molecule has 0 aliphatic heterocycles. The van der Waals surface area contributed by atoms with Gasteiger partial charge < -0.3 is 4.74 Å². The van der Waals surface area contributed by atoms with Crippen molar-refractivity contribution >= 4 is 10.9 Å². The summed E-state index contributed by atoms with van der Waals surface area (Å²) in [5, 5.41) is 5.20. The van der Waals surface area contributed by atoms with Gasteiger partial charge in [-0.2, -0.15) is 5.10 Å². The Balaban J connectivity index is 1.79. The second-order valence-corrected chi connectivity index (χ2v) is 5.48. The molecule has 1 aliphatic carbocycles. The van der Waals surface area contributed by atoms with Crippen LogP contribution in [0.3, 0.4) is 0 Å². The number of fused-ring (bicyclic) bond motifs is 1. The molecule has 0 unspecified atom stereocenters. The second-order valence-electron chi connectivity index (χ2n) is 5.48. The monoisotopic (exact) mass is 280 g/mol. The highest BCUT2D eigenvalue weighted by molar-refractivity contribution is 5.85. The van der Waals surface area contributed by atoms with Crippen LogP contribution in [0.1, 0.15) is 19.3 Å². The minimum Gasteiger partial charge on any atom is -0.487 e. The molecule has 3 aromatic heterocycles. The van der Waals surface area contributed by atoms with Gasteiger partial charge in [-0.25, -0.2) is 4.98 Å². The lowest BCUT2D eigenvalue weighted by Crippen LogP contribution is -2.24. The molecule has 0 atom stereocenters. The maximum atomic E-state index is 6.01. The van der Waals surface area contributed by atoms with E-state index in [0.717, 1.165) is 40.8 Å². The molecule has 0 aromatic carbocycles. The van der Waals surface area contributed by atoms with Gasteiger partial charge in [0.1, 0.15) is 5.52 Å². The van der Waals surface area contributed by atoms with Crippen molar-refractivity contribution in [1.29, 1.82) is 0 Å². The lowest BCUT2D eigenvalue weighted by Gasteiger charge is -2.26. The first-order valence-electron chi connectivity index (χ1n) is 7.20. The van der Waals surface area contributed by atoms with Gasteiger partial charge in [-0.05, 0) is 31.4 Å². The summed E-state index contributed by atoms with van der Waals surface area (Å²) in [5.74, 6) is 0.781. The maximum absolute atomic E-state index is 6.01. The van der Waals surface area contributed by atoms with Crippen LogP contribution in [0.25, 0.3) is 22.2 Å². The van der Waals surface area contributed by atoms with Gasteiger partial charge in [0.15, 0.2) is 5.75 Å². The summed E-state index contributed by atoms with van der Waals surface area (Å²) in [4.78, 5) is 9.00. The fourth-order valence-electron chi connectivity index (χ4n) is 2.49. The molecule has 1 saturated carbocycles. The average molecular weight is 280 g/mol. The van der Waals surface area contributed by atoms with Gasteiger partial charge in [-0.1, -0.05) is 0 Å². The van der Waals surface area contributed by atoms with Gasteiger partial charge in [0, 0.05) is 30.4 Å². The van der Waals surface area contributed by atoms with Crippen molar-refractivity contribution < 1.29 is 4.74 Å². The van der Waals surface area contributed by atoms with Crippen LogP contribution >= 0.6 is 0 Å². The van der Waals surface area contributed by atoms with E-state index in [-0.39, 0.29) is 0 Å². The molecule has 21 heavy (non-hydrogen) atoms. The molecule has 1 aliphatic rings. The molecule has 0 bridgehead atoms. The van der Waals surface area contributed by atoms with Crippen LogP contribution in [0.15, 0.2) is 36.9 Å². The van der Waals surface area contributed by atoms with E-state index in [1.807, 2.05) is 37.8 Å². The summed E-state index contributed by atoms with van der Waals surface area (Å²) in [6, 6.07) is 4.03. The van der Waals surface area contributed by atoms with Gasteiger partial charge in [0.25, 0.3) is 0 Å². The summed E-state index contributed by atoms with van der Waals surface area (Å²) in [7, 11) is 1.90. The molecule has 0 spiro atoms. The van der Waals surface area contributed by atoms with Crippen LogP contribution in [0, 0.1) is 0 Å². The zero-order chi connectivity index (χ0) is 14.2. The van der Waals surface area contributed by atoms with Crippen molar-refractivity contribution in [2.75, 3.05) is 0 Å². The van der Waals surface area contributed by atoms with Crippen molar-refractivity contribution in [1.82, 2.24) is 19.7 Å². The van der Waals surface area contributed by atoms with Crippen LogP contribution in [0.4, 0.5) is 0 Å². The van der Waals surface area contributed by atoms with Crippen LogP contribution in [-0.2, 0) is 7.05 Å². The largest absolute Gasteiger partial charge is 0.487 e. The standard InChI is InChI=1S/C16H16N4O/c1-20-10-12(8-18-20)14-6-5-11-7-17-9-15(16(11)19-14)21-13-3-2-4-13/h5-10,13H,2-4H2,1H3. The Bertz CT molecular complexity index is 792. The Morgan fingerprint density at radius 1 is 1.19 bits per heavy atom. The van der Waals surface area contributed by atoms with Crippen LogP contribution < -0.4 is 4.74 Å². The third kappa shape index (κ3) is 2.24. The molecule has 0 saturated heterocycles. The highest BCUT2D eigenvalue weighted by atomic mass is 16.5. The van der Waals surface area contributed by atoms with Crippen molar-refractivity contribution in [3.63, 3.8) is 0 Å². The molecule has 3 aromatic rings. The molecule has 4 rings (SSSR count). The smallest absolute Gasteiger partial charge is 0.164 e. The van der Waals surface area contributed by atoms with Gasteiger partial charge in [-0.15, -0.1) is 0 Å². The van der Waals surface area contributed by atoms with E-state index < -0.39 is 0 Å². The topological polar surface area (TPSA) is 52.8 Å². The fourth-order valence-corrected chi connectivity index (χ4v) is 2.49. The average Bonchev–Trinajstić information content (AvgIpc) is 2.89. The number of rotatable bonds is 3. The van der Waals surface area contributed by atoms with Crippen LogP contribution in [-0.4, -0.2) is 25.9 Å². The molecule has 3 heterocycles. The molecule has 0 amide bonds. The molecule has 106 valence electrons. The van der Waals surface area contributed by atoms with Crippen molar-refractivity contribution in [3.05, 3.63) is 36.9 Å². The highest BCUT2D eigenvalue weighted by Gasteiger charge is 2.20. The van der Waals surface area contributed by atoms with E-state index in [4.69, 9.17) is 9.72 Å². The Labute approximate surface area is 122 Å². The Kier molecular flexibility index (Phi) is 2.84. The van der Waals surface area contributed by atoms with E-state index >= 15 is 0 Å². The Morgan fingerprint density at radius 2 is 2.10 bits per heavy atom. The molecule has 0 N–H and O–H groups in total. The van der Waals surface area contributed by atoms with E-state index in [1.165, 1.54) is 6.42 Å². The molecule has 5 nitrogen and oxygen atoms in total. The molecule has 1 fully saturated rings. The predicted molar refractivity (Wildman–Crippen MR) is 80.0 cm³/mol. The van der Waals surface area contributed by atoms with Gasteiger partial charge in [0.2, 0.25) is 0 Å². The van der Waals surface area contributed by atoms with E-state index in [0.29, 0.717) is 6.10 Å². The van der Waals surface area contributed by atoms with Crippen molar-refractivity contribution in [2.24, 2.45) is 7.05 Å². The normalized spacial score (nSPS) is 15.1. The number of hydrogen-bond donors (Lipinski definition) is 0. The zero-order valence-electron chi connectivity index (χ0n) is 11.9. The van der Waals surface area contributed by atoms with Crippen LogP contribution in [0.5, 0.6) is 5.75 Å². The Hall–Kier alpha value is -2.43. The predicted octanol–water partition coefficient (Wildman–Crippen LogP) is 2.96. The quantitative estimate of drug-likeness (QED) is 0.740. The summed E-state index contributed by atoms with van der Waals surface area (Å²) < 4.78 is 7.79. The third-order valence-corrected chi connectivity index (χ3v) is 3.91. The zero-order valence-corrected chi connectivity index (χ0v) is 11.9. The first kappa shape index (κ1) is 12.3. The third-order valence-electron chi connectivity index (χ3n) is 3.91. The number of hydrogen-bond acceptors (Lipinski definition) is 4. The number of pyridine rings is 2. The SMILES string of the molecule is Cn1cc(-c2ccc3cncc(OC4CCC4)c3n2)cn1. The van der Waals surface area contributed by atoms with Crippen LogP contribution in [0.2, 0.25) is 0 Å². The molecular formula is C16H16N4O. The fraction of sp³-hybridized carbons (Fsp3) is 0.312. The van der Waals surface area contributed by atoms with E-state index in [1.54, 1.807) is 10.9 Å². The summed E-state index contributed by atoms with van der Waals surface area (Å²) >= 11 is 0. The summed E-state index contributed by atoms with van der Waals surface area (Å²) in [6.45, 7) is 0. The first-order chi connectivity index (χ1) is 10.3. The number of ether oxygens (including phenoxy) is 1. The maximum Gasteiger partial charge on any atom is 0.164 e. The molecular weight excluding hydrogens is 264 g/mol. The minimum atomic E-state index is 0.321. The second kappa shape index (κ2) is 4.84. The van der Waals surface area contributed by atoms with Gasteiger partial charge >= 0.3 is 0 Å². The molecule has 0 radical (unpaired) electrons. The molecule has 5 heteroatoms. The lowest BCUT2D eigenvalue weighted by molar-refractivity contribution is 0.121. The highest BCUT2D eigenvalue weighted by Crippen LogP contribution is 2.30. The van der Waals surface area contributed by atoms with Gasteiger partial charge in [-0.3, -0.25) is 9.67 Å². The van der Waals surface area contributed by atoms with Gasteiger partial charge in [0.05, 0.1) is 24.2 Å². The van der Waals surface area contributed by atoms with Crippen molar-refractivity contribution in [2.45, 2.75) is 25.4 Å². The number of aryl methyl sites for hydroxylation is 1. The van der Waals surface area contributed by atoms with E-state index in [9.17, 15) is 0 Å². The van der Waals surface area contributed by atoms with Crippen molar-refractivity contribution in [3.8, 4) is 17.0 Å². The number of aromatic nitrogens is 4.